The first-order valence-electron chi connectivity index (χ1n) is 6.98. The predicted molar refractivity (Wildman–Crippen MR) is 82.9 cm³/mol. The van der Waals surface area contributed by atoms with Crippen molar-refractivity contribution in [3.63, 3.8) is 0 Å². The average Bonchev–Trinajstić information content (AvgIpc) is 3.11. The third-order valence-electron chi connectivity index (χ3n) is 3.38. The second-order valence-electron chi connectivity index (χ2n) is 5.27. The monoisotopic (exact) mass is 294 g/mol. The van der Waals surface area contributed by atoms with E-state index >= 15 is 0 Å². The predicted octanol–water partition coefficient (Wildman–Crippen LogP) is 2.42. The van der Waals surface area contributed by atoms with Crippen molar-refractivity contribution >= 4 is 33.7 Å². The molecule has 0 fully saturated rings. The molecular weight excluding hydrogens is 280 g/mol. The van der Waals surface area contributed by atoms with Gasteiger partial charge >= 0.3 is 0 Å². The van der Waals surface area contributed by atoms with E-state index in [1.165, 1.54) is 0 Å². The van der Waals surface area contributed by atoms with Gasteiger partial charge in [-0.3, -0.25) is 5.10 Å². The van der Waals surface area contributed by atoms with Crippen molar-refractivity contribution in [3.8, 4) is 0 Å². The van der Waals surface area contributed by atoms with Crippen LogP contribution in [0.4, 0.5) is 11.5 Å². The number of nitrogens with one attached hydrogen (secondary N) is 2. The highest BCUT2D eigenvalue weighted by atomic mass is 15.3. The summed E-state index contributed by atoms with van der Waals surface area (Å²) in [6.07, 6.45) is 6.84. The molecule has 0 unspecified atom stereocenters. The van der Waals surface area contributed by atoms with E-state index in [-0.39, 0.29) is 6.04 Å². The molecule has 110 valence electrons. The van der Waals surface area contributed by atoms with Crippen LogP contribution in [0.25, 0.3) is 22.2 Å². The smallest absolute Gasteiger partial charge is 0.201 e. The summed E-state index contributed by atoms with van der Waals surface area (Å²) in [6.45, 7) is 4.16. The standard InChI is InChI=1S/C14H14N8/c1-8(2)22-14-9(6-18-22)5-10(7-17-14)19-13-11-12(20-21-13)16-4-3-15-11/h3-8H,1-2H3,(H2,16,19,20,21). The van der Waals surface area contributed by atoms with Gasteiger partial charge in [0.15, 0.2) is 17.0 Å². The quantitative estimate of drug-likeness (QED) is 0.602. The lowest BCUT2D eigenvalue weighted by Crippen LogP contribution is -2.03. The molecule has 0 spiro atoms. The van der Waals surface area contributed by atoms with Gasteiger partial charge in [0.1, 0.15) is 0 Å². The van der Waals surface area contributed by atoms with Crippen LogP contribution >= 0.6 is 0 Å². The fourth-order valence-electron chi connectivity index (χ4n) is 2.37. The zero-order chi connectivity index (χ0) is 15.1. The molecule has 0 aliphatic heterocycles. The van der Waals surface area contributed by atoms with Gasteiger partial charge in [-0.15, -0.1) is 0 Å². The van der Waals surface area contributed by atoms with Crippen LogP contribution in [-0.4, -0.2) is 34.9 Å². The Bertz CT molecular complexity index is 952. The topological polar surface area (TPSA) is 97.2 Å². The van der Waals surface area contributed by atoms with Gasteiger partial charge in [-0.05, 0) is 19.9 Å². The first kappa shape index (κ1) is 12.7. The van der Waals surface area contributed by atoms with Gasteiger partial charge in [0.2, 0.25) is 5.65 Å². The molecule has 4 heterocycles. The van der Waals surface area contributed by atoms with Crippen LogP contribution < -0.4 is 5.32 Å². The van der Waals surface area contributed by atoms with Crippen molar-refractivity contribution in [1.29, 1.82) is 0 Å². The summed E-state index contributed by atoms with van der Waals surface area (Å²) in [5.41, 5.74) is 2.98. The molecule has 0 saturated heterocycles. The lowest BCUT2D eigenvalue weighted by Gasteiger charge is -2.07. The van der Waals surface area contributed by atoms with E-state index in [2.05, 4.69) is 49.4 Å². The normalized spacial score (nSPS) is 11.6. The number of pyridine rings is 1. The van der Waals surface area contributed by atoms with Crippen LogP contribution in [0.3, 0.4) is 0 Å². The van der Waals surface area contributed by atoms with E-state index in [1.54, 1.807) is 18.6 Å². The van der Waals surface area contributed by atoms with Crippen molar-refractivity contribution < 1.29 is 0 Å². The molecule has 0 atom stereocenters. The van der Waals surface area contributed by atoms with E-state index in [1.807, 2.05) is 16.9 Å². The molecule has 4 aromatic rings. The number of rotatable bonds is 3. The summed E-state index contributed by atoms with van der Waals surface area (Å²) in [6, 6.07) is 2.27. The number of fused-ring (bicyclic) bond motifs is 2. The van der Waals surface area contributed by atoms with Crippen molar-refractivity contribution in [1.82, 2.24) is 34.9 Å². The van der Waals surface area contributed by atoms with E-state index in [9.17, 15) is 0 Å². The highest BCUT2D eigenvalue weighted by Crippen LogP contribution is 2.23. The molecular formula is C14H14N8. The van der Waals surface area contributed by atoms with Crippen LogP contribution in [-0.2, 0) is 0 Å². The van der Waals surface area contributed by atoms with Crippen LogP contribution in [0.15, 0.2) is 30.9 Å². The lowest BCUT2D eigenvalue weighted by atomic mass is 10.3. The molecule has 0 aromatic carbocycles. The van der Waals surface area contributed by atoms with E-state index < -0.39 is 0 Å². The number of anilines is 2. The van der Waals surface area contributed by atoms with Gasteiger partial charge in [0.25, 0.3) is 0 Å². The second-order valence-corrected chi connectivity index (χ2v) is 5.27. The highest BCUT2D eigenvalue weighted by molar-refractivity contribution is 5.86. The van der Waals surface area contributed by atoms with Crippen molar-refractivity contribution in [2.75, 3.05) is 5.32 Å². The molecule has 0 aliphatic carbocycles. The molecule has 0 saturated carbocycles. The Balaban J connectivity index is 1.72. The number of nitrogens with zero attached hydrogens (tertiary/aromatic N) is 6. The molecule has 0 radical (unpaired) electrons. The SMILES string of the molecule is CC(C)n1ncc2cc(Nc3[nH]nc4nccnc34)cnc21. The van der Waals surface area contributed by atoms with E-state index in [0.717, 1.165) is 16.7 Å². The number of aromatic amines is 1. The first-order valence-corrected chi connectivity index (χ1v) is 6.98. The second kappa shape index (κ2) is 4.76. The molecule has 0 bridgehead atoms. The molecule has 0 amide bonds. The van der Waals surface area contributed by atoms with Gasteiger partial charge in [-0.2, -0.15) is 10.2 Å². The molecule has 8 nitrogen and oxygen atoms in total. The van der Waals surface area contributed by atoms with Gasteiger partial charge < -0.3 is 5.32 Å². The van der Waals surface area contributed by atoms with Crippen LogP contribution in [0.5, 0.6) is 0 Å². The lowest BCUT2D eigenvalue weighted by molar-refractivity contribution is 0.546. The fourth-order valence-corrected chi connectivity index (χ4v) is 2.37. The summed E-state index contributed by atoms with van der Waals surface area (Å²) < 4.78 is 1.90. The molecule has 8 heteroatoms. The number of hydrogen-bond acceptors (Lipinski definition) is 6. The average molecular weight is 294 g/mol. The fraction of sp³-hybridized carbons (Fsp3) is 0.214. The molecule has 4 rings (SSSR count). The highest BCUT2D eigenvalue weighted by Gasteiger charge is 2.10. The minimum atomic E-state index is 0.274. The number of H-pyrrole nitrogens is 1. The van der Waals surface area contributed by atoms with Gasteiger partial charge in [-0.25, -0.2) is 19.6 Å². The number of hydrogen-bond donors (Lipinski definition) is 2. The minimum Gasteiger partial charge on any atom is -0.337 e. The summed E-state index contributed by atoms with van der Waals surface area (Å²) >= 11 is 0. The first-order chi connectivity index (χ1) is 10.7. The molecule has 22 heavy (non-hydrogen) atoms. The Kier molecular flexibility index (Phi) is 2.75. The largest absolute Gasteiger partial charge is 0.337 e. The Morgan fingerprint density at radius 3 is 2.86 bits per heavy atom. The summed E-state index contributed by atoms with van der Waals surface area (Å²) in [7, 11) is 0. The minimum absolute atomic E-state index is 0.274. The Hall–Kier alpha value is -3.03. The molecule has 0 aliphatic rings. The van der Waals surface area contributed by atoms with Crippen molar-refractivity contribution in [2.45, 2.75) is 19.9 Å². The Labute approximate surface area is 125 Å². The number of aromatic nitrogens is 7. The third-order valence-corrected chi connectivity index (χ3v) is 3.38. The van der Waals surface area contributed by atoms with Crippen molar-refractivity contribution in [2.24, 2.45) is 0 Å². The van der Waals surface area contributed by atoms with Crippen LogP contribution in [0, 0.1) is 0 Å². The van der Waals surface area contributed by atoms with Gasteiger partial charge in [0, 0.05) is 23.8 Å². The van der Waals surface area contributed by atoms with Crippen LogP contribution in [0.2, 0.25) is 0 Å². The Morgan fingerprint density at radius 2 is 2.00 bits per heavy atom. The van der Waals surface area contributed by atoms with Crippen molar-refractivity contribution in [3.05, 3.63) is 30.9 Å². The zero-order valence-corrected chi connectivity index (χ0v) is 12.1. The van der Waals surface area contributed by atoms with Crippen LogP contribution in [0.1, 0.15) is 19.9 Å². The zero-order valence-electron chi connectivity index (χ0n) is 12.1. The summed E-state index contributed by atoms with van der Waals surface area (Å²) in [5, 5.41) is 15.6. The maximum Gasteiger partial charge on any atom is 0.201 e. The summed E-state index contributed by atoms with van der Waals surface area (Å²) in [5.74, 6) is 0.695. The van der Waals surface area contributed by atoms with E-state index in [4.69, 9.17) is 0 Å². The van der Waals surface area contributed by atoms with Gasteiger partial charge in [0.05, 0.1) is 18.1 Å². The molecule has 2 N–H and O–H groups in total. The van der Waals surface area contributed by atoms with E-state index in [0.29, 0.717) is 17.0 Å². The summed E-state index contributed by atoms with van der Waals surface area (Å²) in [4.78, 5) is 12.9. The Morgan fingerprint density at radius 1 is 1.14 bits per heavy atom. The van der Waals surface area contributed by atoms with Gasteiger partial charge in [-0.1, -0.05) is 0 Å². The molecule has 4 aromatic heterocycles. The maximum atomic E-state index is 4.49. The maximum absolute atomic E-state index is 4.49. The third kappa shape index (κ3) is 1.96.